The summed E-state index contributed by atoms with van der Waals surface area (Å²) in [5.41, 5.74) is 0.822. The first kappa shape index (κ1) is 18.0. The van der Waals surface area contributed by atoms with E-state index in [4.69, 9.17) is 9.47 Å². The molecule has 2 amide bonds. The minimum atomic E-state index is -0.753. The largest absolute Gasteiger partial charge is 0.486 e. The number of hydrogen-bond acceptors (Lipinski definition) is 5. The zero-order valence-electron chi connectivity index (χ0n) is 14.9. The predicted octanol–water partition coefficient (Wildman–Crippen LogP) is 1.66. The molecule has 28 heavy (non-hydrogen) atoms. The summed E-state index contributed by atoms with van der Waals surface area (Å²) in [6.07, 6.45) is 0. The van der Waals surface area contributed by atoms with E-state index in [1.807, 2.05) is 0 Å². The highest BCUT2D eigenvalue weighted by atomic mass is 19.1. The van der Waals surface area contributed by atoms with Gasteiger partial charge in [-0.15, -0.1) is 0 Å². The lowest BCUT2D eigenvalue weighted by atomic mass is 10.1. The Morgan fingerprint density at radius 3 is 2.39 bits per heavy atom. The molecule has 0 aromatic heterocycles. The standard InChI is InChI=1S/C20H17FN2O5/c21-14-3-1-13(2-4-14)16(24)12-22-7-8-23(20(26)19(22)25)15-5-6-17-18(11-15)28-10-9-27-17/h1-6,11H,7-10,12H2. The van der Waals surface area contributed by atoms with Gasteiger partial charge in [0.15, 0.2) is 17.3 Å². The fourth-order valence-corrected chi connectivity index (χ4v) is 3.17. The van der Waals surface area contributed by atoms with Crippen LogP contribution in [0.3, 0.4) is 0 Å². The number of ketones is 1. The van der Waals surface area contributed by atoms with Crippen LogP contribution in [-0.4, -0.2) is 55.3 Å². The molecule has 144 valence electrons. The van der Waals surface area contributed by atoms with Crippen LogP contribution in [0, 0.1) is 5.82 Å². The van der Waals surface area contributed by atoms with Gasteiger partial charge in [0.2, 0.25) is 0 Å². The number of benzene rings is 2. The maximum Gasteiger partial charge on any atom is 0.316 e. The highest BCUT2D eigenvalue weighted by Crippen LogP contribution is 2.34. The quantitative estimate of drug-likeness (QED) is 0.592. The predicted molar refractivity (Wildman–Crippen MR) is 97.1 cm³/mol. The van der Waals surface area contributed by atoms with Crippen LogP contribution in [0.15, 0.2) is 42.5 Å². The zero-order valence-corrected chi connectivity index (χ0v) is 14.9. The third-order valence-corrected chi connectivity index (χ3v) is 4.65. The molecule has 0 spiro atoms. The third kappa shape index (κ3) is 3.40. The van der Waals surface area contributed by atoms with Crippen LogP contribution in [0.25, 0.3) is 0 Å². The van der Waals surface area contributed by atoms with E-state index in [0.29, 0.717) is 30.4 Å². The van der Waals surface area contributed by atoms with Crippen LogP contribution in [0.2, 0.25) is 0 Å². The van der Waals surface area contributed by atoms with Gasteiger partial charge >= 0.3 is 11.8 Å². The van der Waals surface area contributed by atoms with Gasteiger partial charge in [-0.1, -0.05) is 0 Å². The van der Waals surface area contributed by atoms with Gasteiger partial charge in [-0.05, 0) is 36.4 Å². The monoisotopic (exact) mass is 384 g/mol. The van der Waals surface area contributed by atoms with E-state index in [1.54, 1.807) is 18.2 Å². The molecule has 0 aliphatic carbocycles. The molecule has 2 aliphatic heterocycles. The molecule has 8 heteroatoms. The van der Waals surface area contributed by atoms with Crippen molar-refractivity contribution in [1.29, 1.82) is 0 Å². The van der Waals surface area contributed by atoms with Crippen LogP contribution < -0.4 is 14.4 Å². The van der Waals surface area contributed by atoms with Gasteiger partial charge in [-0.2, -0.15) is 0 Å². The van der Waals surface area contributed by atoms with Crippen molar-refractivity contribution in [3.05, 3.63) is 53.8 Å². The summed E-state index contributed by atoms with van der Waals surface area (Å²) in [4.78, 5) is 39.9. The third-order valence-electron chi connectivity index (χ3n) is 4.65. The van der Waals surface area contributed by atoms with Gasteiger partial charge < -0.3 is 19.3 Å². The Morgan fingerprint density at radius 2 is 1.64 bits per heavy atom. The number of carbonyl (C=O) groups excluding carboxylic acids is 3. The van der Waals surface area contributed by atoms with Gasteiger partial charge in [-0.25, -0.2) is 4.39 Å². The van der Waals surface area contributed by atoms with Crippen LogP contribution in [0.4, 0.5) is 10.1 Å². The van der Waals surface area contributed by atoms with Gasteiger partial charge in [0.25, 0.3) is 0 Å². The summed E-state index contributed by atoms with van der Waals surface area (Å²) in [5, 5.41) is 0. The second-order valence-electron chi connectivity index (χ2n) is 6.44. The molecular formula is C20H17FN2O5. The van der Waals surface area contributed by atoms with Gasteiger partial charge in [0, 0.05) is 30.4 Å². The Balaban J connectivity index is 1.46. The Kier molecular flexibility index (Phi) is 4.68. The molecule has 0 atom stereocenters. The normalized spacial score (nSPS) is 16.3. The first-order valence-electron chi connectivity index (χ1n) is 8.82. The van der Waals surface area contributed by atoms with E-state index >= 15 is 0 Å². The molecule has 2 aliphatic rings. The summed E-state index contributed by atoms with van der Waals surface area (Å²) in [7, 11) is 0. The number of ether oxygens (including phenoxy) is 2. The maximum atomic E-state index is 13.0. The molecule has 0 N–H and O–H groups in total. The van der Waals surface area contributed by atoms with E-state index in [2.05, 4.69) is 0 Å². The summed E-state index contributed by atoms with van der Waals surface area (Å²) in [6.45, 7) is 1.12. The van der Waals surface area contributed by atoms with Crippen molar-refractivity contribution in [3.63, 3.8) is 0 Å². The lowest BCUT2D eigenvalue weighted by molar-refractivity contribution is -0.145. The number of carbonyl (C=O) groups is 3. The molecule has 1 saturated heterocycles. The molecule has 0 bridgehead atoms. The average Bonchev–Trinajstić information content (AvgIpc) is 2.71. The number of hydrogen-bond donors (Lipinski definition) is 0. The first-order valence-corrected chi connectivity index (χ1v) is 8.82. The zero-order chi connectivity index (χ0) is 19.7. The smallest absolute Gasteiger partial charge is 0.316 e. The molecule has 0 radical (unpaired) electrons. The molecule has 2 aromatic rings. The molecule has 0 saturated carbocycles. The fraction of sp³-hybridized carbons (Fsp3) is 0.250. The number of rotatable bonds is 4. The molecule has 4 rings (SSSR count). The topological polar surface area (TPSA) is 76.2 Å². The maximum absolute atomic E-state index is 13.0. The number of anilines is 1. The van der Waals surface area contributed by atoms with Crippen LogP contribution in [-0.2, 0) is 9.59 Å². The van der Waals surface area contributed by atoms with Crippen LogP contribution in [0.5, 0.6) is 11.5 Å². The summed E-state index contributed by atoms with van der Waals surface area (Å²) in [5.74, 6) is -1.15. The van der Waals surface area contributed by atoms with Gasteiger partial charge in [0.05, 0.1) is 6.54 Å². The molecule has 1 fully saturated rings. The van der Waals surface area contributed by atoms with Crippen molar-refractivity contribution in [2.45, 2.75) is 0 Å². The van der Waals surface area contributed by atoms with Crippen molar-refractivity contribution < 1.29 is 28.2 Å². The number of nitrogens with zero attached hydrogens (tertiary/aromatic N) is 2. The minimum absolute atomic E-state index is 0.214. The molecule has 7 nitrogen and oxygen atoms in total. The molecule has 2 heterocycles. The first-order chi connectivity index (χ1) is 13.5. The Hall–Kier alpha value is -3.42. The van der Waals surface area contributed by atoms with E-state index < -0.39 is 17.6 Å². The number of piperazine rings is 1. The van der Waals surface area contributed by atoms with E-state index in [1.165, 1.54) is 34.1 Å². The van der Waals surface area contributed by atoms with Crippen LogP contribution in [0.1, 0.15) is 10.4 Å². The van der Waals surface area contributed by atoms with E-state index in [-0.39, 0.29) is 31.0 Å². The SMILES string of the molecule is O=C(CN1CCN(c2ccc3c(c2)OCCO3)C(=O)C1=O)c1ccc(F)cc1. The molecule has 2 aromatic carbocycles. The number of amides is 2. The Morgan fingerprint density at radius 1 is 0.929 bits per heavy atom. The van der Waals surface area contributed by atoms with E-state index in [0.717, 1.165) is 0 Å². The average molecular weight is 384 g/mol. The number of fused-ring (bicyclic) bond motifs is 1. The summed E-state index contributed by atoms with van der Waals surface area (Å²) >= 11 is 0. The van der Waals surface area contributed by atoms with Gasteiger partial charge in [-0.3, -0.25) is 14.4 Å². The van der Waals surface area contributed by atoms with E-state index in [9.17, 15) is 18.8 Å². The fourth-order valence-electron chi connectivity index (χ4n) is 3.17. The summed E-state index contributed by atoms with van der Waals surface area (Å²) < 4.78 is 24.0. The van der Waals surface area contributed by atoms with Gasteiger partial charge in [0.1, 0.15) is 19.0 Å². The Bertz CT molecular complexity index is 944. The Labute approximate surface area is 160 Å². The second-order valence-corrected chi connectivity index (χ2v) is 6.44. The lowest BCUT2D eigenvalue weighted by Crippen LogP contribution is -2.55. The lowest BCUT2D eigenvalue weighted by Gasteiger charge is -2.33. The number of Topliss-reactive ketones (excluding diaryl/α,β-unsaturated/α-hetero) is 1. The van der Waals surface area contributed by atoms with Crippen molar-refractivity contribution in [3.8, 4) is 11.5 Å². The van der Waals surface area contributed by atoms with Crippen molar-refractivity contribution in [2.24, 2.45) is 0 Å². The van der Waals surface area contributed by atoms with Crippen molar-refractivity contribution in [1.82, 2.24) is 4.90 Å². The van der Waals surface area contributed by atoms with Crippen LogP contribution >= 0.6 is 0 Å². The van der Waals surface area contributed by atoms with Crippen molar-refractivity contribution >= 4 is 23.3 Å². The molecule has 0 unspecified atom stereocenters. The molecular weight excluding hydrogens is 367 g/mol. The van der Waals surface area contributed by atoms with Crippen molar-refractivity contribution in [2.75, 3.05) is 37.7 Å². The highest BCUT2D eigenvalue weighted by molar-refractivity contribution is 6.41. The highest BCUT2D eigenvalue weighted by Gasteiger charge is 2.34. The number of halogens is 1. The second kappa shape index (κ2) is 7.30. The minimum Gasteiger partial charge on any atom is -0.486 e. The summed E-state index contributed by atoms with van der Waals surface area (Å²) in [6, 6.07) is 10.1.